The zero-order chi connectivity index (χ0) is 13.8. The molecule has 1 heterocycles. The third-order valence-corrected chi connectivity index (χ3v) is 4.05. The Balaban J connectivity index is 2.02. The van der Waals surface area contributed by atoms with Gasteiger partial charge in [-0.3, -0.25) is 0 Å². The fourth-order valence-electron chi connectivity index (χ4n) is 2.79. The minimum absolute atomic E-state index is 0.222. The topological polar surface area (TPSA) is 38.5 Å². The summed E-state index contributed by atoms with van der Waals surface area (Å²) in [7, 11) is 1.82. The van der Waals surface area contributed by atoms with Gasteiger partial charge in [-0.1, -0.05) is 19.1 Å². The van der Waals surface area contributed by atoms with Gasteiger partial charge in [-0.2, -0.15) is 0 Å². The monoisotopic (exact) mass is 262 g/mol. The fraction of sp³-hybridized carbons (Fsp3) is 0.625. The molecule has 1 aromatic carbocycles. The van der Waals surface area contributed by atoms with Crippen LogP contribution in [0.3, 0.4) is 0 Å². The van der Waals surface area contributed by atoms with Crippen LogP contribution in [0, 0.1) is 5.92 Å². The number of nitrogens with two attached hydrogens (primary N) is 1. The Morgan fingerprint density at radius 3 is 2.63 bits per heavy atom. The molecule has 0 saturated carbocycles. The lowest BCUT2D eigenvalue weighted by Gasteiger charge is -2.37. The second kappa shape index (κ2) is 6.40. The largest absolute Gasteiger partial charge is 0.379 e. The molecule has 0 spiro atoms. The number of rotatable bonds is 4. The fourth-order valence-corrected chi connectivity index (χ4v) is 2.79. The van der Waals surface area contributed by atoms with Crippen molar-refractivity contribution in [2.75, 3.05) is 25.1 Å². The van der Waals surface area contributed by atoms with Crippen LogP contribution in [0.25, 0.3) is 0 Å². The van der Waals surface area contributed by atoms with E-state index in [2.05, 4.69) is 36.1 Å². The summed E-state index contributed by atoms with van der Waals surface area (Å²) in [5.41, 5.74) is 8.44. The van der Waals surface area contributed by atoms with Crippen molar-refractivity contribution in [2.45, 2.75) is 38.8 Å². The number of ether oxygens (including phenoxy) is 1. The molecular formula is C16H26N2O. The Hall–Kier alpha value is -1.06. The van der Waals surface area contributed by atoms with Crippen LogP contribution in [-0.4, -0.2) is 32.3 Å². The van der Waals surface area contributed by atoms with Gasteiger partial charge in [0, 0.05) is 31.9 Å². The molecule has 2 N–H and O–H groups in total. The zero-order valence-corrected chi connectivity index (χ0v) is 12.3. The summed E-state index contributed by atoms with van der Waals surface area (Å²) in [6, 6.07) is 9.03. The van der Waals surface area contributed by atoms with Gasteiger partial charge in [0.15, 0.2) is 0 Å². The van der Waals surface area contributed by atoms with Gasteiger partial charge in [-0.05, 0) is 43.4 Å². The first-order chi connectivity index (χ1) is 9.10. The highest BCUT2D eigenvalue weighted by molar-refractivity contribution is 5.48. The Labute approximate surface area is 116 Å². The van der Waals surface area contributed by atoms with Crippen LogP contribution in [0.1, 0.15) is 25.8 Å². The summed E-state index contributed by atoms with van der Waals surface area (Å²) < 4.78 is 5.57. The third-order valence-electron chi connectivity index (χ3n) is 4.05. The van der Waals surface area contributed by atoms with E-state index in [1.807, 2.05) is 14.0 Å². The van der Waals surface area contributed by atoms with Crippen molar-refractivity contribution < 1.29 is 4.74 Å². The van der Waals surface area contributed by atoms with Gasteiger partial charge in [0.2, 0.25) is 0 Å². The predicted molar refractivity (Wildman–Crippen MR) is 80.6 cm³/mol. The molecule has 1 saturated heterocycles. The van der Waals surface area contributed by atoms with E-state index in [4.69, 9.17) is 10.5 Å². The average molecular weight is 262 g/mol. The van der Waals surface area contributed by atoms with Crippen molar-refractivity contribution in [1.82, 2.24) is 0 Å². The van der Waals surface area contributed by atoms with E-state index in [-0.39, 0.29) is 6.04 Å². The molecular weight excluding hydrogens is 236 g/mol. The van der Waals surface area contributed by atoms with Crippen molar-refractivity contribution in [2.24, 2.45) is 11.7 Å². The summed E-state index contributed by atoms with van der Waals surface area (Å²) in [4.78, 5) is 2.42. The van der Waals surface area contributed by atoms with Gasteiger partial charge in [-0.25, -0.2) is 0 Å². The van der Waals surface area contributed by atoms with Crippen LogP contribution in [-0.2, 0) is 11.2 Å². The van der Waals surface area contributed by atoms with Crippen LogP contribution in [0.2, 0.25) is 0 Å². The maximum atomic E-state index is 5.83. The molecule has 1 aromatic rings. The zero-order valence-electron chi connectivity index (χ0n) is 12.3. The van der Waals surface area contributed by atoms with E-state index < -0.39 is 0 Å². The molecule has 2 rings (SSSR count). The molecule has 1 aliphatic rings. The maximum absolute atomic E-state index is 5.83. The van der Waals surface area contributed by atoms with E-state index in [1.165, 1.54) is 17.7 Å². The van der Waals surface area contributed by atoms with Gasteiger partial charge in [0.25, 0.3) is 0 Å². The summed E-state index contributed by atoms with van der Waals surface area (Å²) in [6.45, 7) is 6.43. The summed E-state index contributed by atoms with van der Waals surface area (Å²) in [6.07, 6.45) is 2.48. The minimum Gasteiger partial charge on any atom is -0.379 e. The number of nitrogens with zero attached hydrogens (tertiary/aromatic N) is 1. The van der Waals surface area contributed by atoms with Crippen LogP contribution in [0.5, 0.6) is 0 Å². The lowest BCUT2D eigenvalue weighted by Crippen LogP contribution is -2.43. The molecule has 1 aliphatic heterocycles. The Morgan fingerprint density at radius 2 is 2.05 bits per heavy atom. The number of piperidine rings is 1. The molecule has 19 heavy (non-hydrogen) atoms. The summed E-state index contributed by atoms with van der Waals surface area (Å²) >= 11 is 0. The van der Waals surface area contributed by atoms with Gasteiger partial charge in [0.05, 0.1) is 6.10 Å². The van der Waals surface area contributed by atoms with E-state index in [9.17, 15) is 0 Å². The highest BCUT2D eigenvalue weighted by atomic mass is 16.5. The molecule has 3 atom stereocenters. The van der Waals surface area contributed by atoms with Crippen molar-refractivity contribution in [3.63, 3.8) is 0 Å². The van der Waals surface area contributed by atoms with Crippen LogP contribution >= 0.6 is 0 Å². The van der Waals surface area contributed by atoms with Gasteiger partial charge < -0.3 is 15.4 Å². The van der Waals surface area contributed by atoms with Gasteiger partial charge in [-0.15, -0.1) is 0 Å². The van der Waals surface area contributed by atoms with Crippen LogP contribution in [0.4, 0.5) is 5.69 Å². The highest BCUT2D eigenvalue weighted by Crippen LogP contribution is 2.25. The third kappa shape index (κ3) is 3.71. The van der Waals surface area contributed by atoms with Crippen LogP contribution < -0.4 is 10.6 Å². The SMILES string of the molecule is COC1CN(c2ccc(CC(C)N)cc2)CCC1C. The lowest BCUT2D eigenvalue weighted by atomic mass is 9.95. The second-order valence-electron chi connectivity index (χ2n) is 5.83. The first kappa shape index (κ1) is 14.4. The minimum atomic E-state index is 0.222. The second-order valence-corrected chi connectivity index (χ2v) is 5.83. The normalized spacial score (nSPS) is 25.4. The molecule has 0 radical (unpaired) electrons. The molecule has 3 heteroatoms. The van der Waals surface area contributed by atoms with E-state index in [0.29, 0.717) is 12.0 Å². The first-order valence-electron chi connectivity index (χ1n) is 7.22. The Kier molecular flexibility index (Phi) is 4.83. The van der Waals surface area contributed by atoms with Crippen LogP contribution in [0.15, 0.2) is 24.3 Å². The Bertz CT molecular complexity index is 388. The number of hydrogen-bond acceptors (Lipinski definition) is 3. The van der Waals surface area contributed by atoms with E-state index in [1.54, 1.807) is 0 Å². The number of methoxy groups -OCH3 is 1. The maximum Gasteiger partial charge on any atom is 0.0772 e. The summed E-state index contributed by atoms with van der Waals surface area (Å²) in [5, 5.41) is 0. The average Bonchev–Trinajstić information content (AvgIpc) is 2.40. The highest BCUT2D eigenvalue weighted by Gasteiger charge is 2.25. The molecule has 0 amide bonds. The summed E-state index contributed by atoms with van der Waals surface area (Å²) in [5.74, 6) is 0.651. The smallest absolute Gasteiger partial charge is 0.0772 e. The van der Waals surface area contributed by atoms with E-state index >= 15 is 0 Å². The van der Waals surface area contributed by atoms with Crippen molar-refractivity contribution in [3.05, 3.63) is 29.8 Å². The molecule has 106 valence electrons. The molecule has 3 unspecified atom stereocenters. The van der Waals surface area contributed by atoms with Crippen molar-refractivity contribution in [3.8, 4) is 0 Å². The van der Waals surface area contributed by atoms with E-state index in [0.717, 1.165) is 19.5 Å². The quantitative estimate of drug-likeness (QED) is 0.905. The predicted octanol–water partition coefficient (Wildman–Crippen LogP) is 2.44. The first-order valence-corrected chi connectivity index (χ1v) is 7.22. The van der Waals surface area contributed by atoms with Crippen molar-refractivity contribution >= 4 is 5.69 Å². The molecule has 0 aromatic heterocycles. The number of benzene rings is 1. The lowest BCUT2D eigenvalue weighted by molar-refractivity contribution is 0.0498. The van der Waals surface area contributed by atoms with Crippen molar-refractivity contribution in [1.29, 1.82) is 0 Å². The van der Waals surface area contributed by atoms with Gasteiger partial charge >= 0.3 is 0 Å². The molecule has 0 bridgehead atoms. The molecule has 3 nitrogen and oxygen atoms in total. The molecule has 1 fully saturated rings. The number of hydrogen-bond donors (Lipinski definition) is 1. The van der Waals surface area contributed by atoms with Gasteiger partial charge in [0.1, 0.15) is 0 Å². The molecule has 0 aliphatic carbocycles. The standard InChI is InChI=1S/C16H26N2O/c1-12-8-9-18(11-16(12)19-3)15-6-4-14(5-7-15)10-13(2)17/h4-7,12-13,16H,8-11,17H2,1-3H3. The number of anilines is 1. The Morgan fingerprint density at radius 1 is 1.37 bits per heavy atom.